The number of azo groups is 1. The summed E-state index contributed by atoms with van der Waals surface area (Å²) in [5, 5.41) is 11.1. The third kappa shape index (κ3) is 6.67. The zero-order valence-electron chi connectivity index (χ0n) is 15.0. The Morgan fingerprint density at radius 1 is 1.12 bits per heavy atom. The van der Waals surface area contributed by atoms with Crippen molar-refractivity contribution in [2.75, 3.05) is 45.7 Å². The van der Waals surface area contributed by atoms with Crippen LogP contribution in [0.1, 0.15) is 12.6 Å². The zero-order chi connectivity index (χ0) is 16.9. The Balaban J connectivity index is 0.00000288. The summed E-state index contributed by atoms with van der Waals surface area (Å²) in [7, 11) is 6.66. The van der Waals surface area contributed by atoms with E-state index in [2.05, 4.69) is 60.3 Å². The molecule has 24 heavy (non-hydrogen) atoms. The number of anilines is 1. The minimum absolute atomic E-state index is 0. The predicted molar refractivity (Wildman–Crippen MR) is 98.3 cm³/mol. The van der Waals surface area contributed by atoms with Crippen LogP contribution in [0.5, 0.6) is 0 Å². The van der Waals surface area contributed by atoms with Gasteiger partial charge in [0.05, 0.1) is 45.6 Å². The van der Waals surface area contributed by atoms with Gasteiger partial charge in [-0.25, -0.2) is 4.98 Å². The first kappa shape index (κ1) is 20.7. The number of thiazole rings is 1. The fourth-order valence-electron chi connectivity index (χ4n) is 2.11. The fraction of sp³-hybridized carbons (Fsp3) is 0.471. The Hall–Kier alpha value is -1.31. The van der Waals surface area contributed by atoms with E-state index in [-0.39, 0.29) is 17.0 Å². The molecule has 5 nitrogen and oxygen atoms in total. The first-order valence-electron chi connectivity index (χ1n) is 7.87. The molecule has 0 aliphatic heterocycles. The van der Waals surface area contributed by atoms with Crippen LogP contribution in [0.4, 0.5) is 16.5 Å². The summed E-state index contributed by atoms with van der Waals surface area (Å²) >= 11 is 1.51. The second kappa shape index (κ2) is 9.25. The average Bonchev–Trinajstić information content (AvgIpc) is 2.91. The molecule has 1 aromatic carbocycles. The third-order valence-corrected chi connectivity index (χ3v) is 4.34. The van der Waals surface area contributed by atoms with Gasteiger partial charge in [0.25, 0.3) is 0 Å². The number of benzene rings is 1. The summed E-state index contributed by atoms with van der Waals surface area (Å²) < 4.78 is 0.968. The van der Waals surface area contributed by atoms with Crippen molar-refractivity contribution < 1.29 is 21.5 Å². The second-order valence-electron chi connectivity index (χ2n) is 6.58. The van der Waals surface area contributed by atoms with E-state index in [0.29, 0.717) is 5.13 Å². The maximum Gasteiger partial charge on any atom is 0.230 e. The molecule has 0 radical (unpaired) electrons. The predicted octanol–water partition coefficient (Wildman–Crippen LogP) is 1.40. The van der Waals surface area contributed by atoms with Crippen LogP contribution < -0.4 is 21.9 Å². The van der Waals surface area contributed by atoms with Crippen molar-refractivity contribution in [1.29, 1.82) is 0 Å². The number of halogens is 1. The van der Waals surface area contributed by atoms with E-state index in [1.54, 1.807) is 0 Å². The molecule has 0 bridgehead atoms. The van der Waals surface area contributed by atoms with Crippen LogP contribution in [0.3, 0.4) is 0 Å². The van der Waals surface area contributed by atoms with Gasteiger partial charge in [-0.2, -0.15) is 0 Å². The smallest absolute Gasteiger partial charge is 0.230 e. The molecule has 2 aromatic rings. The van der Waals surface area contributed by atoms with Gasteiger partial charge in [-0.1, -0.05) is 0 Å². The normalized spacial score (nSPS) is 11.5. The van der Waals surface area contributed by atoms with E-state index < -0.39 is 0 Å². The Bertz CT molecular complexity index is 646. The maximum atomic E-state index is 4.28. The first-order chi connectivity index (χ1) is 10.9. The highest BCUT2D eigenvalue weighted by molar-refractivity contribution is 7.13. The highest BCUT2D eigenvalue weighted by Gasteiger charge is 2.11. The van der Waals surface area contributed by atoms with Crippen molar-refractivity contribution in [3.8, 4) is 0 Å². The van der Waals surface area contributed by atoms with Crippen LogP contribution in [-0.2, 0) is 0 Å². The number of hydrogen-bond donors (Lipinski definition) is 0. The second-order valence-corrected chi connectivity index (χ2v) is 7.42. The summed E-state index contributed by atoms with van der Waals surface area (Å²) in [4.78, 5) is 6.66. The third-order valence-electron chi connectivity index (χ3n) is 3.50. The molecular formula is C17H26BrN5S. The van der Waals surface area contributed by atoms with Crippen molar-refractivity contribution in [2.45, 2.75) is 13.8 Å². The molecule has 0 atom stereocenters. The Morgan fingerprint density at radius 2 is 1.79 bits per heavy atom. The van der Waals surface area contributed by atoms with Gasteiger partial charge in [0, 0.05) is 17.6 Å². The number of rotatable bonds is 7. The summed E-state index contributed by atoms with van der Waals surface area (Å²) in [5.41, 5.74) is 3.06. The Morgan fingerprint density at radius 3 is 2.29 bits per heavy atom. The Kier molecular flexibility index (Phi) is 7.99. The minimum Gasteiger partial charge on any atom is -1.00 e. The van der Waals surface area contributed by atoms with Gasteiger partial charge in [0.2, 0.25) is 5.13 Å². The highest BCUT2D eigenvalue weighted by atomic mass is 79.9. The maximum absolute atomic E-state index is 4.28. The number of hydrogen-bond acceptors (Lipinski definition) is 5. The van der Waals surface area contributed by atoms with Crippen LogP contribution in [0, 0.1) is 6.92 Å². The zero-order valence-corrected chi connectivity index (χ0v) is 17.4. The number of quaternary nitrogens is 1. The quantitative estimate of drug-likeness (QED) is 0.510. The molecule has 0 aliphatic carbocycles. The number of aryl methyl sites for hydroxylation is 1. The lowest BCUT2D eigenvalue weighted by Crippen LogP contribution is -3.00. The number of nitrogens with zero attached hydrogens (tertiary/aromatic N) is 5. The molecule has 132 valence electrons. The van der Waals surface area contributed by atoms with E-state index in [9.17, 15) is 0 Å². The van der Waals surface area contributed by atoms with Crippen molar-refractivity contribution in [3.63, 3.8) is 0 Å². The summed E-state index contributed by atoms with van der Waals surface area (Å²) in [6.45, 7) is 7.30. The molecule has 0 amide bonds. The van der Waals surface area contributed by atoms with Gasteiger partial charge in [-0.05, 0) is 38.1 Å². The summed E-state index contributed by atoms with van der Waals surface area (Å²) in [6.07, 6.45) is 0. The molecule has 0 aliphatic rings. The van der Waals surface area contributed by atoms with Crippen LogP contribution in [0.2, 0.25) is 0 Å². The molecule has 0 fully saturated rings. The minimum atomic E-state index is 0. The molecular weight excluding hydrogens is 386 g/mol. The molecule has 0 unspecified atom stereocenters. The first-order valence-corrected chi connectivity index (χ1v) is 8.74. The molecule has 0 saturated heterocycles. The van der Waals surface area contributed by atoms with Crippen molar-refractivity contribution in [2.24, 2.45) is 10.2 Å². The van der Waals surface area contributed by atoms with Gasteiger partial charge >= 0.3 is 0 Å². The van der Waals surface area contributed by atoms with Gasteiger partial charge < -0.3 is 26.4 Å². The van der Waals surface area contributed by atoms with Gasteiger partial charge in [0.1, 0.15) is 0 Å². The lowest BCUT2D eigenvalue weighted by molar-refractivity contribution is -0.868. The highest BCUT2D eigenvalue weighted by Crippen LogP contribution is 2.24. The fourth-order valence-corrected chi connectivity index (χ4v) is 2.72. The molecule has 0 N–H and O–H groups in total. The van der Waals surface area contributed by atoms with Crippen molar-refractivity contribution >= 4 is 27.8 Å². The SMILES string of the molecule is CCN(CC[N+](C)(C)C)c1ccc(N=Nc2nc(C)cs2)cc1.[Br-]. The summed E-state index contributed by atoms with van der Waals surface area (Å²) in [5.74, 6) is 0. The van der Waals surface area contributed by atoms with Crippen molar-refractivity contribution in [1.82, 2.24) is 4.98 Å². The van der Waals surface area contributed by atoms with Crippen LogP contribution >= 0.6 is 11.3 Å². The summed E-state index contributed by atoms with van der Waals surface area (Å²) in [6, 6.07) is 8.24. The van der Waals surface area contributed by atoms with Gasteiger partial charge in [0.15, 0.2) is 0 Å². The van der Waals surface area contributed by atoms with E-state index >= 15 is 0 Å². The monoisotopic (exact) mass is 411 g/mol. The lowest BCUT2D eigenvalue weighted by Gasteiger charge is -2.29. The lowest BCUT2D eigenvalue weighted by atomic mass is 10.2. The van der Waals surface area contributed by atoms with Gasteiger partial charge in [-0.3, -0.25) is 0 Å². The number of aromatic nitrogens is 1. The average molecular weight is 412 g/mol. The molecule has 0 saturated carbocycles. The van der Waals surface area contributed by atoms with E-state index in [1.807, 2.05) is 24.4 Å². The van der Waals surface area contributed by atoms with Crippen molar-refractivity contribution in [3.05, 3.63) is 35.3 Å². The van der Waals surface area contributed by atoms with Crippen LogP contribution in [-0.4, -0.2) is 50.2 Å². The largest absolute Gasteiger partial charge is 1.00 e. The van der Waals surface area contributed by atoms with Crippen LogP contribution in [0.15, 0.2) is 39.9 Å². The molecule has 1 aromatic heterocycles. The molecule has 2 rings (SSSR count). The molecule has 0 spiro atoms. The molecule has 7 heteroatoms. The number of likely N-dealkylation sites (N-methyl/N-ethyl adjacent to an activating group) is 2. The topological polar surface area (TPSA) is 40.9 Å². The Labute approximate surface area is 159 Å². The molecule has 1 heterocycles. The van der Waals surface area contributed by atoms with E-state index in [0.717, 1.165) is 35.5 Å². The van der Waals surface area contributed by atoms with Gasteiger partial charge in [-0.15, -0.1) is 21.6 Å². The van der Waals surface area contributed by atoms with E-state index in [4.69, 9.17) is 0 Å². The van der Waals surface area contributed by atoms with Crippen LogP contribution in [0.25, 0.3) is 0 Å². The standard InChI is InChI=1S/C17H26N5S.BrH/c1-6-21(11-12-22(3,4)5)16-9-7-15(8-10-16)19-20-17-18-14(2)13-23-17;/h7-10,13H,6,11-12H2,1-5H3;1H/q+1;/p-1. The van der Waals surface area contributed by atoms with E-state index in [1.165, 1.54) is 17.0 Å².